The Labute approximate surface area is 56.5 Å². The molecule has 8 heavy (non-hydrogen) atoms. The highest BCUT2D eigenvalue weighted by Gasteiger charge is 1.84. The van der Waals surface area contributed by atoms with E-state index in [2.05, 4.69) is 19.9 Å². The Bertz CT molecular complexity index is 74.5. The maximum atomic E-state index is 5.48. The Morgan fingerprint density at radius 1 is 1.62 bits per heavy atom. The molecule has 0 atom stereocenters. The molecule has 0 heterocycles. The Morgan fingerprint density at radius 2 is 2.25 bits per heavy atom. The van der Waals surface area contributed by atoms with Gasteiger partial charge in [0.15, 0.2) is 0 Å². The molecule has 0 unspecified atom stereocenters. The largest absolute Gasteiger partial charge is 0.127 e. The zero-order chi connectivity index (χ0) is 6.41. The molecule has 0 N–H and O–H groups in total. The van der Waals surface area contributed by atoms with E-state index in [9.17, 15) is 0 Å². The molecule has 1 heteroatoms. The zero-order valence-electron chi connectivity index (χ0n) is 5.58. The summed E-state index contributed by atoms with van der Waals surface area (Å²) >= 11 is 5.48. The summed E-state index contributed by atoms with van der Waals surface area (Å²) in [5, 5.41) is 0. The molecule has 0 aliphatic carbocycles. The van der Waals surface area contributed by atoms with Crippen molar-refractivity contribution in [1.82, 2.24) is 0 Å². The summed E-state index contributed by atoms with van der Waals surface area (Å²) in [6.45, 7) is 4.19. The van der Waals surface area contributed by atoms with Gasteiger partial charge < -0.3 is 0 Å². The summed E-state index contributed by atoms with van der Waals surface area (Å²) in [5.74, 6) is 0.783. The molecule has 0 saturated carbocycles. The van der Waals surface area contributed by atoms with Crippen LogP contribution in [0.3, 0.4) is 0 Å². The quantitative estimate of drug-likeness (QED) is 0.409. The van der Waals surface area contributed by atoms with Gasteiger partial charge in [-0.15, -0.1) is 11.6 Å². The summed E-state index contributed by atoms with van der Waals surface area (Å²) in [4.78, 5) is 0. The molecule has 0 aliphatic rings. The highest BCUT2D eigenvalue weighted by Crippen LogP contribution is 2.03. The third kappa shape index (κ3) is 4.20. The summed E-state index contributed by atoms with van der Waals surface area (Å²) in [7, 11) is 0. The van der Waals surface area contributed by atoms with Crippen molar-refractivity contribution in [1.29, 1.82) is 0 Å². The molecular weight excluding hydrogens is 120 g/mol. The van der Waals surface area contributed by atoms with Crippen LogP contribution in [0.15, 0.2) is 11.6 Å². The summed E-state index contributed by atoms with van der Waals surface area (Å²) < 4.78 is 0. The van der Waals surface area contributed by atoms with Crippen LogP contribution in [0.1, 0.15) is 26.7 Å². The Balaban J connectivity index is 3.12. The SMILES string of the molecule is C/C=C(/C)CCCCl. The molecule has 0 fully saturated rings. The van der Waals surface area contributed by atoms with Crippen LogP contribution in [0.25, 0.3) is 0 Å². The van der Waals surface area contributed by atoms with E-state index < -0.39 is 0 Å². The van der Waals surface area contributed by atoms with E-state index >= 15 is 0 Å². The van der Waals surface area contributed by atoms with Crippen LogP contribution in [0, 0.1) is 0 Å². The lowest BCUT2D eigenvalue weighted by Gasteiger charge is -1.93. The van der Waals surface area contributed by atoms with E-state index in [1.54, 1.807) is 0 Å². The average molecular weight is 133 g/mol. The third-order valence-electron chi connectivity index (χ3n) is 1.20. The van der Waals surface area contributed by atoms with Gasteiger partial charge in [-0.3, -0.25) is 0 Å². The second kappa shape index (κ2) is 5.17. The van der Waals surface area contributed by atoms with Crippen LogP contribution < -0.4 is 0 Å². The Hall–Kier alpha value is 0.0300. The maximum absolute atomic E-state index is 5.48. The molecule has 0 radical (unpaired) electrons. The lowest BCUT2D eigenvalue weighted by molar-refractivity contribution is 0.909. The van der Waals surface area contributed by atoms with Crippen LogP contribution >= 0.6 is 11.6 Å². The molecule has 0 spiro atoms. The normalized spacial score (nSPS) is 12.1. The highest BCUT2D eigenvalue weighted by atomic mass is 35.5. The fraction of sp³-hybridized carbons (Fsp3) is 0.714. The Morgan fingerprint density at radius 3 is 2.62 bits per heavy atom. The monoisotopic (exact) mass is 132 g/mol. The number of alkyl halides is 1. The lowest BCUT2D eigenvalue weighted by atomic mass is 10.2. The first-order chi connectivity index (χ1) is 3.81. The van der Waals surface area contributed by atoms with Crippen molar-refractivity contribution >= 4 is 11.6 Å². The van der Waals surface area contributed by atoms with Gasteiger partial charge in [-0.2, -0.15) is 0 Å². The van der Waals surface area contributed by atoms with E-state index in [1.165, 1.54) is 5.57 Å². The van der Waals surface area contributed by atoms with Gasteiger partial charge in [0.05, 0.1) is 0 Å². The van der Waals surface area contributed by atoms with Crippen LogP contribution in [0.4, 0.5) is 0 Å². The van der Waals surface area contributed by atoms with E-state index in [1.807, 2.05) is 0 Å². The molecule has 0 aromatic rings. The molecule has 48 valence electrons. The topological polar surface area (TPSA) is 0 Å². The third-order valence-corrected chi connectivity index (χ3v) is 1.46. The number of hydrogen-bond donors (Lipinski definition) is 0. The van der Waals surface area contributed by atoms with E-state index in [-0.39, 0.29) is 0 Å². The average Bonchev–Trinajstić information content (AvgIpc) is 1.83. The number of halogens is 1. The van der Waals surface area contributed by atoms with Crippen molar-refractivity contribution in [3.8, 4) is 0 Å². The van der Waals surface area contributed by atoms with E-state index in [4.69, 9.17) is 11.6 Å². The van der Waals surface area contributed by atoms with Gasteiger partial charge in [0, 0.05) is 5.88 Å². The minimum absolute atomic E-state index is 0.783. The zero-order valence-corrected chi connectivity index (χ0v) is 6.33. The number of rotatable bonds is 3. The van der Waals surface area contributed by atoms with Gasteiger partial charge >= 0.3 is 0 Å². The summed E-state index contributed by atoms with van der Waals surface area (Å²) in [6.07, 6.45) is 4.39. The van der Waals surface area contributed by atoms with Gasteiger partial charge in [0.25, 0.3) is 0 Å². The summed E-state index contributed by atoms with van der Waals surface area (Å²) in [6, 6.07) is 0. The van der Waals surface area contributed by atoms with Gasteiger partial charge in [-0.1, -0.05) is 11.6 Å². The molecule has 0 nitrogen and oxygen atoms in total. The maximum Gasteiger partial charge on any atom is 0.0226 e. The smallest absolute Gasteiger partial charge is 0.0226 e. The van der Waals surface area contributed by atoms with Gasteiger partial charge in [-0.05, 0) is 26.7 Å². The fourth-order valence-corrected chi connectivity index (χ4v) is 0.624. The molecule has 0 aromatic heterocycles. The van der Waals surface area contributed by atoms with Gasteiger partial charge in [-0.25, -0.2) is 0 Å². The second-order valence-electron chi connectivity index (χ2n) is 1.93. The van der Waals surface area contributed by atoms with Crippen molar-refractivity contribution in [3.05, 3.63) is 11.6 Å². The predicted molar refractivity (Wildman–Crippen MR) is 39.4 cm³/mol. The van der Waals surface area contributed by atoms with Gasteiger partial charge in [0.1, 0.15) is 0 Å². The minimum Gasteiger partial charge on any atom is -0.127 e. The fourth-order valence-electron chi connectivity index (χ4n) is 0.490. The van der Waals surface area contributed by atoms with Crippen molar-refractivity contribution in [3.63, 3.8) is 0 Å². The second-order valence-corrected chi connectivity index (χ2v) is 2.31. The molecule has 0 bridgehead atoms. The van der Waals surface area contributed by atoms with Crippen LogP contribution in [0.5, 0.6) is 0 Å². The molecule has 0 aliphatic heterocycles. The standard InChI is InChI=1S/C7H13Cl/c1-3-7(2)5-4-6-8/h3H,4-6H2,1-2H3/b7-3-. The van der Waals surface area contributed by atoms with E-state index in [0.717, 1.165) is 18.7 Å². The number of hydrogen-bond acceptors (Lipinski definition) is 0. The summed E-state index contributed by atoms with van der Waals surface area (Å²) in [5.41, 5.74) is 1.44. The Kier molecular flexibility index (Phi) is 5.19. The van der Waals surface area contributed by atoms with Crippen LogP contribution in [0.2, 0.25) is 0 Å². The molecule has 0 amide bonds. The molecule has 0 rings (SSSR count). The van der Waals surface area contributed by atoms with Crippen molar-refractivity contribution in [2.45, 2.75) is 26.7 Å². The van der Waals surface area contributed by atoms with Crippen molar-refractivity contribution in [2.75, 3.05) is 5.88 Å². The lowest BCUT2D eigenvalue weighted by Crippen LogP contribution is -1.77. The van der Waals surface area contributed by atoms with Gasteiger partial charge in [0.2, 0.25) is 0 Å². The minimum atomic E-state index is 0.783. The first kappa shape index (κ1) is 8.03. The molecule has 0 saturated heterocycles. The predicted octanol–water partition coefficient (Wildman–Crippen LogP) is 2.97. The first-order valence-electron chi connectivity index (χ1n) is 2.99. The van der Waals surface area contributed by atoms with Crippen molar-refractivity contribution < 1.29 is 0 Å². The number of allylic oxidation sites excluding steroid dienone is 2. The van der Waals surface area contributed by atoms with Crippen molar-refractivity contribution in [2.24, 2.45) is 0 Å². The molecular formula is C7H13Cl. The van der Waals surface area contributed by atoms with Crippen LogP contribution in [-0.4, -0.2) is 5.88 Å². The molecule has 0 aromatic carbocycles. The van der Waals surface area contributed by atoms with E-state index in [0.29, 0.717) is 0 Å². The highest BCUT2D eigenvalue weighted by molar-refractivity contribution is 6.17. The van der Waals surface area contributed by atoms with Crippen LogP contribution in [-0.2, 0) is 0 Å². The first-order valence-corrected chi connectivity index (χ1v) is 3.52.